The highest BCUT2D eigenvalue weighted by molar-refractivity contribution is 6.07. The number of ether oxygens (including phenoxy) is 3. The third-order valence-electron chi connectivity index (χ3n) is 4.50. The van der Waals surface area contributed by atoms with Crippen molar-refractivity contribution >= 4 is 17.7 Å². The summed E-state index contributed by atoms with van der Waals surface area (Å²) in [5.41, 5.74) is 0.337. The van der Waals surface area contributed by atoms with Crippen LogP contribution >= 0.6 is 0 Å². The molecule has 0 radical (unpaired) electrons. The minimum atomic E-state index is -0.560. The summed E-state index contributed by atoms with van der Waals surface area (Å²) in [4.78, 5) is 25.9. The third kappa shape index (κ3) is 6.04. The minimum Gasteiger partial charge on any atom is -0.497 e. The van der Waals surface area contributed by atoms with Crippen molar-refractivity contribution < 1.29 is 23.8 Å². The Labute approximate surface area is 170 Å². The number of amides is 2. The predicted octanol–water partition coefficient (Wildman–Crippen LogP) is 2.26. The maximum absolute atomic E-state index is 12.5. The monoisotopic (exact) mass is 402 g/mol. The van der Waals surface area contributed by atoms with Crippen molar-refractivity contribution in [2.75, 3.05) is 39.2 Å². The molecule has 156 valence electrons. The number of anilines is 1. The first-order valence-electron chi connectivity index (χ1n) is 9.33. The third-order valence-corrected chi connectivity index (χ3v) is 4.50. The molecule has 1 aromatic rings. The van der Waals surface area contributed by atoms with Gasteiger partial charge >= 0.3 is 6.09 Å². The van der Waals surface area contributed by atoms with Crippen LogP contribution in [0.25, 0.3) is 0 Å². The molecular weight excluding hydrogens is 376 g/mol. The summed E-state index contributed by atoms with van der Waals surface area (Å²) in [7, 11) is 3.01. The van der Waals surface area contributed by atoms with Crippen molar-refractivity contribution in [2.24, 2.45) is 0 Å². The van der Waals surface area contributed by atoms with Gasteiger partial charge in [-0.2, -0.15) is 5.26 Å². The summed E-state index contributed by atoms with van der Waals surface area (Å²) in [5, 5.41) is 15.1. The van der Waals surface area contributed by atoms with Gasteiger partial charge in [0, 0.05) is 31.4 Å². The zero-order chi connectivity index (χ0) is 21.2. The van der Waals surface area contributed by atoms with E-state index in [-0.39, 0.29) is 17.7 Å². The summed E-state index contributed by atoms with van der Waals surface area (Å²) in [6, 6.07) is 6.95. The van der Waals surface area contributed by atoms with E-state index < -0.39 is 5.91 Å². The number of nitrogens with zero attached hydrogens (tertiary/aromatic N) is 2. The van der Waals surface area contributed by atoms with E-state index in [9.17, 15) is 14.9 Å². The van der Waals surface area contributed by atoms with Crippen molar-refractivity contribution in [3.05, 3.63) is 30.0 Å². The van der Waals surface area contributed by atoms with Crippen molar-refractivity contribution in [1.82, 2.24) is 10.2 Å². The zero-order valence-electron chi connectivity index (χ0n) is 16.9. The Hall–Kier alpha value is -3.41. The van der Waals surface area contributed by atoms with Gasteiger partial charge in [0.25, 0.3) is 5.91 Å². The van der Waals surface area contributed by atoms with Crippen LogP contribution in [0.2, 0.25) is 0 Å². The first kappa shape index (κ1) is 21.9. The lowest BCUT2D eigenvalue weighted by Gasteiger charge is -2.31. The molecule has 1 aliphatic rings. The molecule has 1 heterocycles. The molecule has 0 unspecified atom stereocenters. The fourth-order valence-corrected chi connectivity index (χ4v) is 2.89. The van der Waals surface area contributed by atoms with Crippen LogP contribution in [0.15, 0.2) is 30.0 Å². The maximum Gasteiger partial charge on any atom is 0.409 e. The molecule has 29 heavy (non-hydrogen) atoms. The Morgan fingerprint density at radius 1 is 1.28 bits per heavy atom. The SMILES string of the molecule is CCOC(=O)N1CCC(N/C=C(/C#N)C(=O)Nc2cc(OC)ccc2OC)CC1. The molecule has 2 amide bonds. The van der Waals surface area contributed by atoms with Gasteiger partial charge in [-0.1, -0.05) is 0 Å². The van der Waals surface area contributed by atoms with Crippen molar-refractivity contribution in [3.63, 3.8) is 0 Å². The Kier molecular flexibility index (Phi) is 8.15. The lowest BCUT2D eigenvalue weighted by Crippen LogP contribution is -2.44. The fraction of sp³-hybridized carbons (Fsp3) is 0.450. The fourth-order valence-electron chi connectivity index (χ4n) is 2.89. The van der Waals surface area contributed by atoms with Crippen LogP contribution in [0.1, 0.15) is 19.8 Å². The lowest BCUT2D eigenvalue weighted by molar-refractivity contribution is -0.112. The number of carbonyl (C=O) groups excluding carboxylic acids is 2. The second-order valence-electron chi connectivity index (χ2n) is 6.32. The average Bonchev–Trinajstić information content (AvgIpc) is 2.74. The number of piperidine rings is 1. The van der Waals surface area contributed by atoms with Gasteiger partial charge in [-0.3, -0.25) is 4.79 Å². The molecule has 0 spiro atoms. The summed E-state index contributed by atoms with van der Waals surface area (Å²) in [5.74, 6) is 0.446. The van der Waals surface area contributed by atoms with Crippen LogP contribution in [-0.2, 0) is 9.53 Å². The predicted molar refractivity (Wildman–Crippen MR) is 107 cm³/mol. The van der Waals surface area contributed by atoms with E-state index in [0.717, 1.165) is 0 Å². The molecule has 1 aromatic carbocycles. The van der Waals surface area contributed by atoms with Crippen LogP contribution < -0.4 is 20.1 Å². The molecule has 0 saturated carbocycles. The number of methoxy groups -OCH3 is 2. The Morgan fingerprint density at radius 3 is 2.59 bits per heavy atom. The Balaban J connectivity index is 1.96. The number of hydrogen-bond donors (Lipinski definition) is 2. The Bertz CT molecular complexity index is 795. The second-order valence-corrected chi connectivity index (χ2v) is 6.32. The lowest BCUT2D eigenvalue weighted by atomic mass is 10.1. The number of nitriles is 1. The summed E-state index contributed by atoms with van der Waals surface area (Å²) in [6.07, 6.45) is 2.48. The van der Waals surface area contributed by atoms with Gasteiger partial charge in [0.05, 0.1) is 26.5 Å². The van der Waals surface area contributed by atoms with Crippen LogP contribution in [0, 0.1) is 11.3 Å². The van der Waals surface area contributed by atoms with E-state index in [1.165, 1.54) is 20.4 Å². The number of carbonyl (C=O) groups is 2. The van der Waals surface area contributed by atoms with Gasteiger partial charge < -0.3 is 29.7 Å². The summed E-state index contributed by atoms with van der Waals surface area (Å²) >= 11 is 0. The molecule has 0 bridgehead atoms. The molecule has 0 atom stereocenters. The van der Waals surface area contributed by atoms with E-state index in [4.69, 9.17) is 14.2 Å². The number of nitrogens with one attached hydrogen (secondary N) is 2. The smallest absolute Gasteiger partial charge is 0.409 e. The molecule has 2 rings (SSSR count). The summed E-state index contributed by atoms with van der Waals surface area (Å²) in [6.45, 7) is 3.23. The molecular formula is C20H26N4O5. The van der Waals surface area contributed by atoms with Crippen molar-refractivity contribution in [3.8, 4) is 17.6 Å². The summed E-state index contributed by atoms with van der Waals surface area (Å²) < 4.78 is 15.4. The van der Waals surface area contributed by atoms with Crippen LogP contribution in [0.4, 0.5) is 10.5 Å². The molecule has 0 aromatic heterocycles. The van der Waals surface area contributed by atoms with Crippen molar-refractivity contribution in [2.45, 2.75) is 25.8 Å². The van der Waals surface area contributed by atoms with Crippen LogP contribution in [0.5, 0.6) is 11.5 Å². The van der Waals surface area contributed by atoms with Gasteiger partial charge in [-0.15, -0.1) is 0 Å². The van der Waals surface area contributed by atoms with Gasteiger partial charge in [-0.05, 0) is 31.9 Å². The first-order valence-corrected chi connectivity index (χ1v) is 9.33. The van der Waals surface area contributed by atoms with Gasteiger partial charge in [-0.25, -0.2) is 4.79 Å². The van der Waals surface area contributed by atoms with E-state index in [1.54, 1.807) is 30.0 Å². The van der Waals surface area contributed by atoms with E-state index in [0.29, 0.717) is 49.7 Å². The zero-order valence-corrected chi connectivity index (χ0v) is 16.9. The van der Waals surface area contributed by atoms with Gasteiger partial charge in [0.15, 0.2) is 0 Å². The maximum atomic E-state index is 12.5. The highest BCUT2D eigenvalue weighted by atomic mass is 16.6. The molecule has 1 aliphatic heterocycles. The Morgan fingerprint density at radius 2 is 2.00 bits per heavy atom. The number of likely N-dealkylation sites (tertiary alicyclic amines) is 1. The highest BCUT2D eigenvalue weighted by Crippen LogP contribution is 2.29. The average molecular weight is 402 g/mol. The van der Waals surface area contributed by atoms with Gasteiger partial charge in [0.1, 0.15) is 23.1 Å². The number of hydrogen-bond acceptors (Lipinski definition) is 7. The van der Waals surface area contributed by atoms with Crippen LogP contribution in [-0.4, -0.2) is 56.9 Å². The van der Waals surface area contributed by atoms with Gasteiger partial charge in [0.2, 0.25) is 0 Å². The molecule has 1 fully saturated rings. The standard InChI is InChI=1S/C20H26N4O5/c1-4-29-20(26)24-9-7-15(8-10-24)22-13-14(12-21)19(25)23-17-11-16(27-2)5-6-18(17)28-3/h5-6,11,13,15,22H,4,7-10H2,1-3H3,(H,23,25)/b14-13-. The molecule has 9 nitrogen and oxygen atoms in total. The van der Waals surface area contributed by atoms with E-state index >= 15 is 0 Å². The quantitative estimate of drug-likeness (QED) is 0.531. The molecule has 0 aliphatic carbocycles. The topological polar surface area (TPSA) is 113 Å². The number of benzene rings is 1. The normalized spacial score (nSPS) is 14.6. The minimum absolute atomic E-state index is 0.0585. The largest absolute Gasteiger partial charge is 0.497 e. The second kappa shape index (κ2) is 10.8. The van der Waals surface area contributed by atoms with Crippen LogP contribution in [0.3, 0.4) is 0 Å². The van der Waals surface area contributed by atoms with Crippen molar-refractivity contribution in [1.29, 1.82) is 5.26 Å². The molecule has 9 heteroatoms. The first-order chi connectivity index (χ1) is 14.0. The van der Waals surface area contributed by atoms with E-state index in [2.05, 4.69) is 10.6 Å². The highest BCUT2D eigenvalue weighted by Gasteiger charge is 2.23. The van der Waals surface area contributed by atoms with E-state index in [1.807, 2.05) is 6.07 Å². The number of rotatable bonds is 7. The molecule has 2 N–H and O–H groups in total. The molecule has 1 saturated heterocycles.